The molecule has 6 heteroatoms. The number of aromatic nitrogens is 2. The third-order valence-electron chi connectivity index (χ3n) is 3.05. The molecular formula is C15H18N2O4. The van der Waals surface area contributed by atoms with Crippen molar-refractivity contribution in [1.29, 1.82) is 0 Å². The minimum absolute atomic E-state index is 0.119. The summed E-state index contributed by atoms with van der Waals surface area (Å²) in [6, 6.07) is 9.33. The van der Waals surface area contributed by atoms with E-state index in [1.54, 1.807) is 0 Å². The fraction of sp³-hybridized carbons (Fsp3) is 0.333. The largest absolute Gasteiger partial charge is 0.486 e. The van der Waals surface area contributed by atoms with Gasteiger partial charge < -0.3 is 9.84 Å². The number of carbonyl (C=O) groups is 1. The Morgan fingerprint density at radius 2 is 2.05 bits per heavy atom. The highest BCUT2D eigenvalue weighted by atomic mass is 16.5. The summed E-state index contributed by atoms with van der Waals surface area (Å²) >= 11 is 0. The van der Waals surface area contributed by atoms with Crippen LogP contribution in [0.1, 0.15) is 35.8 Å². The smallest absolute Gasteiger partial charge is 0.357 e. The summed E-state index contributed by atoms with van der Waals surface area (Å²) in [7, 11) is 0. The number of carboxylic acids is 1. The molecule has 0 aliphatic carbocycles. The van der Waals surface area contributed by atoms with Crippen LogP contribution >= 0.6 is 0 Å². The molecule has 0 saturated heterocycles. The molecule has 0 aliphatic rings. The summed E-state index contributed by atoms with van der Waals surface area (Å²) < 4.78 is 6.59. The average Bonchev–Trinajstić information content (AvgIpc) is 2.78. The molecule has 1 heterocycles. The van der Waals surface area contributed by atoms with E-state index in [1.165, 1.54) is 4.68 Å². The number of ether oxygens (including phenoxy) is 1. The number of hydrogen-bond donors (Lipinski definition) is 2. The van der Waals surface area contributed by atoms with Gasteiger partial charge in [-0.1, -0.05) is 43.7 Å². The molecule has 0 fully saturated rings. The van der Waals surface area contributed by atoms with Crippen molar-refractivity contribution in [3.05, 3.63) is 51.9 Å². The Kier molecular flexibility index (Phi) is 4.81. The molecule has 6 nitrogen and oxygen atoms in total. The molecule has 0 radical (unpaired) electrons. The van der Waals surface area contributed by atoms with Crippen LogP contribution in [0.3, 0.4) is 0 Å². The molecule has 0 unspecified atom stereocenters. The van der Waals surface area contributed by atoms with Crippen LogP contribution in [0.4, 0.5) is 0 Å². The molecule has 21 heavy (non-hydrogen) atoms. The van der Waals surface area contributed by atoms with E-state index in [-0.39, 0.29) is 18.0 Å². The van der Waals surface area contributed by atoms with Crippen molar-refractivity contribution in [2.75, 3.05) is 6.61 Å². The van der Waals surface area contributed by atoms with Crippen molar-refractivity contribution in [2.45, 2.75) is 26.3 Å². The van der Waals surface area contributed by atoms with Crippen molar-refractivity contribution in [1.82, 2.24) is 9.78 Å². The highest BCUT2D eigenvalue weighted by Gasteiger charge is 2.21. The van der Waals surface area contributed by atoms with Gasteiger partial charge in [0, 0.05) is 0 Å². The van der Waals surface area contributed by atoms with Gasteiger partial charge >= 0.3 is 11.5 Å². The maximum atomic E-state index is 12.2. The maximum Gasteiger partial charge on any atom is 0.357 e. The summed E-state index contributed by atoms with van der Waals surface area (Å²) in [6.45, 7) is 2.60. The van der Waals surface area contributed by atoms with E-state index in [2.05, 4.69) is 5.10 Å². The minimum Gasteiger partial charge on any atom is -0.486 e. The van der Waals surface area contributed by atoms with E-state index in [0.29, 0.717) is 6.61 Å². The highest BCUT2D eigenvalue weighted by Crippen LogP contribution is 2.12. The first-order valence-corrected chi connectivity index (χ1v) is 6.86. The van der Waals surface area contributed by atoms with Gasteiger partial charge in [0.2, 0.25) is 5.75 Å². The van der Waals surface area contributed by atoms with Crippen LogP contribution in [-0.2, 0) is 6.54 Å². The van der Waals surface area contributed by atoms with Crippen LogP contribution in [0, 0.1) is 0 Å². The Bertz CT molecular complexity index is 658. The van der Waals surface area contributed by atoms with E-state index in [0.717, 1.165) is 18.4 Å². The lowest BCUT2D eigenvalue weighted by atomic mass is 10.2. The second-order valence-electron chi connectivity index (χ2n) is 4.70. The van der Waals surface area contributed by atoms with Gasteiger partial charge in [-0.2, -0.15) is 0 Å². The van der Waals surface area contributed by atoms with Crippen molar-refractivity contribution in [2.24, 2.45) is 0 Å². The predicted octanol–water partition coefficient (Wildman–Crippen LogP) is 2.10. The Hall–Kier alpha value is -2.50. The zero-order valence-corrected chi connectivity index (χ0v) is 11.8. The number of rotatable bonds is 7. The number of carboxylic acid groups (broad SMARTS) is 1. The SMILES string of the molecule is CCCCOc1c(C(=O)O)[nH]n(Cc2ccccc2)c1=O. The third kappa shape index (κ3) is 3.53. The zero-order chi connectivity index (χ0) is 15.2. The Morgan fingerprint density at radius 1 is 1.33 bits per heavy atom. The predicted molar refractivity (Wildman–Crippen MR) is 78.0 cm³/mol. The van der Waals surface area contributed by atoms with E-state index < -0.39 is 11.5 Å². The monoisotopic (exact) mass is 290 g/mol. The molecule has 2 N–H and O–H groups in total. The first-order chi connectivity index (χ1) is 10.1. The molecule has 0 aliphatic heterocycles. The van der Waals surface area contributed by atoms with Crippen LogP contribution in [0.2, 0.25) is 0 Å². The number of hydrogen-bond acceptors (Lipinski definition) is 3. The highest BCUT2D eigenvalue weighted by molar-refractivity contribution is 5.88. The fourth-order valence-corrected chi connectivity index (χ4v) is 1.94. The molecule has 0 saturated carbocycles. The first-order valence-electron chi connectivity index (χ1n) is 6.86. The number of nitrogens with one attached hydrogen (secondary N) is 1. The van der Waals surface area contributed by atoms with Crippen molar-refractivity contribution in [3.63, 3.8) is 0 Å². The van der Waals surface area contributed by atoms with Crippen LogP contribution in [-0.4, -0.2) is 27.5 Å². The normalized spacial score (nSPS) is 10.5. The van der Waals surface area contributed by atoms with Crippen molar-refractivity contribution in [3.8, 4) is 5.75 Å². The van der Waals surface area contributed by atoms with Crippen molar-refractivity contribution >= 4 is 5.97 Å². The quantitative estimate of drug-likeness (QED) is 0.765. The molecule has 0 atom stereocenters. The number of nitrogens with zero attached hydrogens (tertiary/aromatic N) is 1. The lowest BCUT2D eigenvalue weighted by Gasteiger charge is -2.02. The number of unbranched alkanes of at least 4 members (excludes halogenated alkanes) is 1. The first kappa shape index (κ1) is 14.9. The average molecular weight is 290 g/mol. The second kappa shape index (κ2) is 6.78. The molecule has 0 spiro atoms. The minimum atomic E-state index is -1.20. The van der Waals surface area contributed by atoms with Gasteiger partial charge in [0.25, 0.3) is 0 Å². The van der Waals surface area contributed by atoms with Gasteiger partial charge in [0.05, 0.1) is 13.2 Å². The van der Waals surface area contributed by atoms with Gasteiger partial charge in [0.1, 0.15) is 0 Å². The van der Waals surface area contributed by atoms with Gasteiger partial charge in [-0.3, -0.25) is 9.89 Å². The third-order valence-corrected chi connectivity index (χ3v) is 3.05. The van der Waals surface area contributed by atoms with Gasteiger partial charge in [0.15, 0.2) is 5.69 Å². The van der Waals surface area contributed by atoms with Crippen LogP contribution in [0.15, 0.2) is 35.1 Å². The summed E-state index contributed by atoms with van der Waals surface area (Å²) in [6.07, 6.45) is 1.67. The summed E-state index contributed by atoms with van der Waals surface area (Å²) in [5, 5.41) is 11.8. The van der Waals surface area contributed by atoms with Gasteiger partial charge in [-0.05, 0) is 12.0 Å². The lowest BCUT2D eigenvalue weighted by Crippen LogP contribution is -2.19. The molecule has 112 valence electrons. The van der Waals surface area contributed by atoms with Crippen LogP contribution in [0.5, 0.6) is 5.75 Å². The summed E-state index contributed by atoms with van der Waals surface area (Å²) in [4.78, 5) is 23.4. The Balaban J connectivity index is 2.28. The number of aromatic amines is 1. The molecule has 2 rings (SSSR count). The topological polar surface area (TPSA) is 84.3 Å². The standard InChI is InChI=1S/C15H18N2O4/c1-2-3-9-21-13-12(15(19)20)16-17(14(13)18)10-11-7-5-4-6-8-11/h4-8,16H,2-3,9-10H2,1H3,(H,19,20). The van der Waals surface area contributed by atoms with E-state index in [1.807, 2.05) is 37.3 Å². The number of H-pyrrole nitrogens is 1. The van der Waals surface area contributed by atoms with Crippen LogP contribution < -0.4 is 10.3 Å². The van der Waals surface area contributed by atoms with E-state index in [4.69, 9.17) is 9.84 Å². The Labute approximate surface area is 122 Å². The molecule has 0 bridgehead atoms. The van der Waals surface area contributed by atoms with Gasteiger partial charge in [-0.15, -0.1) is 0 Å². The molecule has 0 amide bonds. The fourth-order valence-electron chi connectivity index (χ4n) is 1.94. The number of aromatic carboxylic acids is 1. The van der Waals surface area contributed by atoms with Crippen LogP contribution in [0.25, 0.3) is 0 Å². The lowest BCUT2D eigenvalue weighted by molar-refractivity contribution is 0.0685. The summed E-state index contributed by atoms with van der Waals surface area (Å²) in [5.41, 5.74) is 0.247. The maximum absolute atomic E-state index is 12.2. The van der Waals surface area contributed by atoms with Crippen molar-refractivity contribution < 1.29 is 14.6 Å². The van der Waals surface area contributed by atoms with E-state index in [9.17, 15) is 9.59 Å². The van der Waals surface area contributed by atoms with E-state index >= 15 is 0 Å². The van der Waals surface area contributed by atoms with Gasteiger partial charge in [-0.25, -0.2) is 9.48 Å². The molecular weight excluding hydrogens is 272 g/mol. The summed E-state index contributed by atoms with van der Waals surface area (Å²) in [5.74, 6) is -1.32. The number of benzene rings is 1. The Morgan fingerprint density at radius 3 is 2.67 bits per heavy atom. The zero-order valence-electron chi connectivity index (χ0n) is 11.8. The second-order valence-corrected chi connectivity index (χ2v) is 4.70. The molecule has 2 aromatic rings. The molecule has 1 aromatic heterocycles. The molecule has 1 aromatic carbocycles.